The summed E-state index contributed by atoms with van der Waals surface area (Å²) in [6, 6.07) is 0. The summed E-state index contributed by atoms with van der Waals surface area (Å²) in [5.74, 6) is -0.0697. The number of fused-ring (bicyclic) bond motifs is 2. The van der Waals surface area contributed by atoms with Crippen LogP contribution in [0, 0.1) is 11.3 Å². The molecule has 3 heterocycles. The molecule has 0 aromatic carbocycles. The minimum absolute atomic E-state index is 0.00875. The summed E-state index contributed by atoms with van der Waals surface area (Å²) in [6.45, 7) is 8.17. The highest BCUT2D eigenvalue weighted by atomic mass is 16.7. The van der Waals surface area contributed by atoms with Gasteiger partial charge in [0.05, 0.1) is 6.10 Å². The second kappa shape index (κ2) is 3.86. The molecule has 5 heteroatoms. The van der Waals surface area contributed by atoms with E-state index in [4.69, 9.17) is 14.2 Å². The molecule has 4 fully saturated rings. The standard InChI is InChI=1S/C17H24O5/c1-14(2)17-11(20-17)9-16(4)10(5-6-12(18)22-16)15(17,3)8-7-13(19)21-14/h10-11H,5-9H2,1-4H3/t10-,11-,15-,16+,17-/m1/s1. The molecule has 0 aromatic rings. The van der Waals surface area contributed by atoms with Crippen LogP contribution < -0.4 is 0 Å². The molecule has 1 aliphatic carbocycles. The summed E-state index contributed by atoms with van der Waals surface area (Å²) in [4.78, 5) is 23.9. The van der Waals surface area contributed by atoms with Gasteiger partial charge in [0.1, 0.15) is 16.8 Å². The maximum atomic E-state index is 12.1. The number of cyclic esters (lactones) is 1. The fourth-order valence-corrected chi connectivity index (χ4v) is 5.98. The number of ether oxygens (including phenoxy) is 3. The van der Waals surface area contributed by atoms with Gasteiger partial charge < -0.3 is 14.2 Å². The quantitative estimate of drug-likeness (QED) is 0.508. The lowest BCUT2D eigenvalue weighted by Gasteiger charge is -2.56. The largest absolute Gasteiger partial charge is 0.459 e. The monoisotopic (exact) mass is 308 g/mol. The van der Waals surface area contributed by atoms with Crippen molar-refractivity contribution >= 4 is 11.9 Å². The lowest BCUT2D eigenvalue weighted by Crippen LogP contribution is -2.65. The van der Waals surface area contributed by atoms with E-state index in [0.717, 1.165) is 12.8 Å². The Bertz CT molecular complexity index is 569. The van der Waals surface area contributed by atoms with Crippen molar-refractivity contribution in [2.45, 2.75) is 82.7 Å². The molecule has 0 amide bonds. The third-order valence-corrected chi connectivity index (χ3v) is 6.77. The Morgan fingerprint density at radius 3 is 2.41 bits per heavy atom. The van der Waals surface area contributed by atoms with Gasteiger partial charge in [-0.2, -0.15) is 0 Å². The second-order valence-corrected chi connectivity index (χ2v) is 8.33. The lowest BCUT2D eigenvalue weighted by atomic mass is 9.49. The van der Waals surface area contributed by atoms with Crippen molar-refractivity contribution in [2.24, 2.45) is 11.3 Å². The highest BCUT2D eigenvalue weighted by molar-refractivity contribution is 5.72. The fourth-order valence-electron chi connectivity index (χ4n) is 5.98. The van der Waals surface area contributed by atoms with E-state index in [2.05, 4.69) is 6.92 Å². The van der Waals surface area contributed by atoms with Crippen LogP contribution in [0.4, 0.5) is 0 Å². The van der Waals surface area contributed by atoms with E-state index in [1.165, 1.54) is 0 Å². The fraction of sp³-hybridized carbons (Fsp3) is 0.882. The van der Waals surface area contributed by atoms with Gasteiger partial charge in [0, 0.05) is 30.6 Å². The number of esters is 2. The Morgan fingerprint density at radius 2 is 1.68 bits per heavy atom. The summed E-state index contributed by atoms with van der Waals surface area (Å²) in [6.07, 6.45) is 3.06. The van der Waals surface area contributed by atoms with Crippen LogP contribution in [-0.2, 0) is 23.8 Å². The van der Waals surface area contributed by atoms with Crippen molar-refractivity contribution in [1.29, 1.82) is 0 Å². The topological polar surface area (TPSA) is 65.1 Å². The molecule has 0 radical (unpaired) electrons. The van der Waals surface area contributed by atoms with Crippen molar-refractivity contribution in [3.05, 3.63) is 0 Å². The highest BCUT2D eigenvalue weighted by Crippen LogP contribution is 2.71. The average molecular weight is 308 g/mol. The van der Waals surface area contributed by atoms with E-state index >= 15 is 0 Å². The summed E-state index contributed by atoms with van der Waals surface area (Å²) >= 11 is 0. The highest BCUT2D eigenvalue weighted by Gasteiger charge is 2.82. The van der Waals surface area contributed by atoms with Crippen LogP contribution in [0.1, 0.15) is 59.8 Å². The molecule has 4 rings (SSSR count). The van der Waals surface area contributed by atoms with Gasteiger partial charge in [0.15, 0.2) is 0 Å². The Morgan fingerprint density at radius 1 is 1.00 bits per heavy atom. The molecule has 22 heavy (non-hydrogen) atoms. The Hall–Kier alpha value is -1.10. The molecule has 1 saturated carbocycles. The normalized spacial score (nSPS) is 52.4. The lowest BCUT2D eigenvalue weighted by molar-refractivity contribution is -0.204. The van der Waals surface area contributed by atoms with Gasteiger partial charge in [-0.15, -0.1) is 0 Å². The number of carbonyl (C=O) groups is 2. The number of hydrogen-bond donors (Lipinski definition) is 0. The maximum Gasteiger partial charge on any atom is 0.306 e. The molecule has 5 nitrogen and oxygen atoms in total. The third-order valence-electron chi connectivity index (χ3n) is 6.77. The van der Waals surface area contributed by atoms with Crippen molar-refractivity contribution in [3.8, 4) is 0 Å². The minimum atomic E-state index is -0.650. The average Bonchev–Trinajstić information content (AvgIpc) is 3.11. The number of hydrogen-bond acceptors (Lipinski definition) is 5. The molecule has 122 valence electrons. The van der Waals surface area contributed by atoms with E-state index in [1.807, 2.05) is 20.8 Å². The van der Waals surface area contributed by atoms with Crippen LogP contribution >= 0.6 is 0 Å². The van der Waals surface area contributed by atoms with Crippen LogP contribution in [-0.4, -0.2) is 34.8 Å². The smallest absolute Gasteiger partial charge is 0.306 e. The Labute approximate surface area is 130 Å². The second-order valence-electron chi connectivity index (χ2n) is 8.33. The Balaban J connectivity index is 1.83. The van der Waals surface area contributed by atoms with Gasteiger partial charge in [-0.05, 0) is 33.6 Å². The van der Waals surface area contributed by atoms with E-state index in [0.29, 0.717) is 19.3 Å². The molecule has 3 saturated heterocycles. The SMILES string of the molecule is CC1(C)OC(=O)CC[C@]2(C)[C@H]3CCC(=O)O[C@@]3(C)C[C@H]3O[C@]312. The Kier molecular flexibility index (Phi) is 2.54. The molecule has 0 unspecified atom stereocenters. The summed E-state index contributed by atoms with van der Waals surface area (Å²) in [5.41, 5.74) is -1.80. The van der Waals surface area contributed by atoms with Crippen LogP contribution in [0.2, 0.25) is 0 Å². The summed E-state index contributed by atoms with van der Waals surface area (Å²) in [7, 11) is 0. The van der Waals surface area contributed by atoms with Gasteiger partial charge in [-0.25, -0.2) is 0 Å². The molecule has 1 spiro atoms. The molecule has 5 atom stereocenters. The zero-order valence-electron chi connectivity index (χ0n) is 13.7. The predicted molar refractivity (Wildman–Crippen MR) is 77.0 cm³/mol. The van der Waals surface area contributed by atoms with Crippen molar-refractivity contribution in [2.75, 3.05) is 0 Å². The number of epoxide rings is 1. The van der Waals surface area contributed by atoms with Crippen molar-refractivity contribution in [3.63, 3.8) is 0 Å². The minimum Gasteiger partial charge on any atom is -0.459 e. The van der Waals surface area contributed by atoms with Crippen LogP contribution in [0.25, 0.3) is 0 Å². The van der Waals surface area contributed by atoms with Crippen LogP contribution in [0.5, 0.6) is 0 Å². The van der Waals surface area contributed by atoms with Crippen LogP contribution in [0.15, 0.2) is 0 Å². The van der Waals surface area contributed by atoms with Gasteiger partial charge in [0.25, 0.3) is 0 Å². The zero-order chi connectivity index (χ0) is 16.0. The van der Waals surface area contributed by atoms with Crippen molar-refractivity contribution < 1.29 is 23.8 Å². The van der Waals surface area contributed by atoms with E-state index < -0.39 is 16.8 Å². The van der Waals surface area contributed by atoms with Crippen LogP contribution in [0.3, 0.4) is 0 Å². The number of rotatable bonds is 0. The van der Waals surface area contributed by atoms with Gasteiger partial charge in [-0.3, -0.25) is 9.59 Å². The summed E-state index contributed by atoms with van der Waals surface area (Å²) in [5, 5.41) is 0. The van der Waals surface area contributed by atoms with E-state index in [9.17, 15) is 9.59 Å². The molecular formula is C17H24O5. The molecule has 0 N–H and O–H groups in total. The molecule has 0 aromatic heterocycles. The first kappa shape index (κ1) is 14.5. The molecule has 0 bridgehead atoms. The number of carbonyl (C=O) groups excluding carboxylic acids is 2. The predicted octanol–water partition coefficient (Wildman–Crippen LogP) is 2.36. The summed E-state index contributed by atoms with van der Waals surface area (Å²) < 4.78 is 17.8. The van der Waals surface area contributed by atoms with E-state index in [1.54, 1.807) is 0 Å². The van der Waals surface area contributed by atoms with Gasteiger partial charge >= 0.3 is 11.9 Å². The van der Waals surface area contributed by atoms with Crippen molar-refractivity contribution in [1.82, 2.24) is 0 Å². The first-order valence-corrected chi connectivity index (χ1v) is 8.26. The van der Waals surface area contributed by atoms with Gasteiger partial charge in [0.2, 0.25) is 0 Å². The molecule has 4 aliphatic rings. The van der Waals surface area contributed by atoms with E-state index in [-0.39, 0.29) is 29.4 Å². The van der Waals surface area contributed by atoms with Gasteiger partial charge in [-0.1, -0.05) is 6.92 Å². The first-order chi connectivity index (χ1) is 10.1. The zero-order valence-corrected chi connectivity index (χ0v) is 13.7. The third kappa shape index (κ3) is 1.48. The molecule has 3 aliphatic heterocycles. The molecular weight excluding hydrogens is 284 g/mol. The maximum absolute atomic E-state index is 12.1. The first-order valence-electron chi connectivity index (χ1n) is 8.26.